The third-order valence-corrected chi connectivity index (χ3v) is 4.01. The zero-order chi connectivity index (χ0) is 8.44. The zero-order valence-corrected chi connectivity index (χ0v) is 9.47. The minimum absolute atomic E-state index is 0.279. The number of ether oxygens (including phenoxy) is 1. The molecule has 2 aliphatic heterocycles. The number of hydrogen-bond donors (Lipinski definition) is 1. The van der Waals surface area contributed by atoms with Gasteiger partial charge in [0, 0.05) is 4.43 Å². The first kappa shape index (κ1) is 9.21. The van der Waals surface area contributed by atoms with Crippen LogP contribution in [-0.2, 0) is 4.74 Å². The Hall–Kier alpha value is 0.650. The van der Waals surface area contributed by atoms with E-state index < -0.39 is 0 Å². The Kier molecular flexibility index (Phi) is 2.92. The molecule has 0 saturated carbocycles. The highest BCUT2D eigenvalue weighted by Gasteiger charge is 2.40. The second-order valence-electron chi connectivity index (χ2n) is 3.87. The Morgan fingerprint density at radius 2 is 2.08 bits per heavy atom. The Bertz CT molecular complexity index is 157. The lowest BCUT2D eigenvalue weighted by molar-refractivity contribution is -0.0502. The molecule has 3 heteroatoms. The van der Waals surface area contributed by atoms with Gasteiger partial charge in [-0.15, -0.1) is 0 Å². The Labute approximate surface area is 87.6 Å². The lowest BCUT2D eigenvalue weighted by atomic mass is 9.89. The Balaban J connectivity index is 1.94. The van der Waals surface area contributed by atoms with E-state index in [0.717, 1.165) is 17.5 Å². The van der Waals surface area contributed by atoms with Gasteiger partial charge in [0.15, 0.2) is 0 Å². The van der Waals surface area contributed by atoms with E-state index in [-0.39, 0.29) is 5.60 Å². The van der Waals surface area contributed by atoms with Crippen LogP contribution in [0.25, 0.3) is 0 Å². The molecule has 1 N–H and O–H groups in total. The van der Waals surface area contributed by atoms with Crippen LogP contribution in [-0.4, -0.2) is 29.2 Å². The maximum atomic E-state index is 6.09. The fourth-order valence-corrected chi connectivity index (χ4v) is 2.87. The molecule has 0 bridgehead atoms. The summed E-state index contributed by atoms with van der Waals surface area (Å²) in [7, 11) is 0. The van der Waals surface area contributed by atoms with Crippen LogP contribution in [0.5, 0.6) is 0 Å². The molecule has 2 rings (SSSR count). The van der Waals surface area contributed by atoms with Crippen LogP contribution in [0.15, 0.2) is 0 Å². The summed E-state index contributed by atoms with van der Waals surface area (Å²) in [5, 5.41) is 3.39. The third-order valence-electron chi connectivity index (χ3n) is 3.03. The molecule has 1 spiro atoms. The van der Waals surface area contributed by atoms with E-state index in [1.165, 1.54) is 25.7 Å². The molecular formula is C9H16INO. The first-order chi connectivity index (χ1) is 5.85. The summed E-state index contributed by atoms with van der Waals surface area (Å²) in [5.74, 6) is 0. The van der Waals surface area contributed by atoms with Crippen LogP contribution >= 0.6 is 22.6 Å². The standard InChI is InChI=1S/C9H16INO/c10-7-8-1-2-9(12-8)3-5-11-6-4-9/h8,11H,1-7H2. The van der Waals surface area contributed by atoms with E-state index in [0.29, 0.717) is 6.10 Å². The van der Waals surface area contributed by atoms with Gasteiger partial charge in [0.25, 0.3) is 0 Å². The van der Waals surface area contributed by atoms with Gasteiger partial charge < -0.3 is 10.1 Å². The van der Waals surface area contributed by atoms with Crippen molar-refractivity contribution in [1.82, 2.24) is 5.32 Å². The minimum atomic E-state index is 0.279. The van der Waals surface area contributed by atoms with Crippen molar-refractivity contribution in [1.29, 1.82) is 0 Å². The molecule has 0 aromatic heterocycles. The molecular weight excluding hydrogens is 265 g/mol. The summed E-state index contributed by atoms with van der Waals surface area (Å²) in [6.07, 6.45) is 5.56. The van der Waals surface area contributed by atoms with Gasteiger partial charge >= 0.3 is 0 Å². The molecule has 2 fully saturated rings. The largest absolute Gasteiger partial charge is 0.371 e. The molecule has 0 aliphatic carbocycles. The highest BCUT2D eigenvalue weighted by molar-refractivity contribution is 14.1. The molecule has 0 aromatic carbocycles. The fourth-order valence-electron chi connectivity index (χ4n) is 2.25. The van der Waals surface area contributed by atoms with Crippen LogP contribution in [0, 0.1) is 0 Å². The quantitative estimate of drug-likeness (QED) is 0.584. The van der Waals surface area contributed by atoms with Crippen molar-refractivity contribution in [2.75, 3.05) is 17.5 Å². The highest BCUT2D eigenvalue weighted by Crippen LogP contribution is 2.37. The van der Waals surface area contributed by atoms with Gasteiger partial charge in [0.2, 0.25) is 0 Å². The predicted molar refractivity (Wildman–Crippen MR) is 57.8 cm³/mol. The van der Waals surface area contributed by atoms with Gasteiger partial charge in [0.1, 0.15) is 0 Å². The van der Waals surface area contributed by atoms with Crippen LogP contribution in [0.2, 0.25) is 0 Å². The van der Waals surface area contributed by atoms with Crippen molar-refractivity contribution >= 4 is 22.6 Å². The Morgan fingerprint density at radius 1 is 1.33 bits per heavy atom. The molecule has 70 valence electrons. The summed E-state index contributed by atoms with van der Waals surface area (Å²) in [6.45, 7) is 2.29. The highest BCUT2D eigenvalue weighted by atomic mass is 127. The van der Waals surface area contributed by atoms with Gasteiger partial charge in [-0.3, -0.25) is 0 Å². The molecule has 0 aromatic rings. The summed E-state index contributed by atoms with van der Waals surface area (Å²) in [4.78, 5) is 0. The van der Waals surface area contributed by atoms with Crippen molar-refractivity contribution in [3.63, 3.8) is 0 Å². The fraction of sp³-hybridized carbons (Fsp3) is 1.00. The predicted octanol–water partition coefficient (Wildman–Crippen LogP) is 1.72. The van der Waals surface area contributed by atoms with Gasteiger partial charge in [-0.05, 0) is 38.8 Å². The van der Waals surface area contributed by atoms with Crippen LogP contribution < -0.4 is 5.32 Å². The molecule has 0 radical (unpaired) electrons. The maximum Gasteiger partial charge on any atom is 0.0711 e. The van der Waals surface area contributed by atoms with E-state index >= 15 is 0 Å². The minimum Gasteiger partial charge on any atom is -0.371 e. The summed E-state index contributed by atoms with van der Waals surface area (Å²) in [5.41, 5.74) is 0.279. The van der Waals surface area contributed by atoms with E-state index in [2.05, 4.69) is 27.9 Å². The SMILES string of the molecule is ICC1CCC2(CCNCC2)O1. The van der Waals surface area contributed by atoms with Gasteiger partial charge in [-0.1, -0.05) is 22.6 Å². The molecule has 1 atom stereocenters. The molecule has 0 amide bonds. The number of piperidine rings is 1. The number of alkyl halides is 1. The third kappa shape index (κ3) is 1.77. The monoisotopic (exact) mass is 281 g/mol. The Morgan fingerprint density at radius 3 is 2.67 bits per heavy atom. The number of halogens is 1. The van der Waals surface area contributed by atoms with E-state index in [9.17, 15) is 0 Å². The van der Waals surface area contributed by atoms with Crippen molar-refractivity contribution in [2.45, 2.75) is 37.4 Å². The molecule has 2 aliphatic rings. The lowest BCUT2D eigenvalue weighted by Crippen LogP contribution is -2.42. The summed E-state index contributed by atoms with van der Waals surface area (Å²) >= 11 is 2.43. The first-order valence-corrected chi connectivity index (χ1v) is 6.32. The van der Waals surface area contributed by atoms with Gasteiger partial charge in [-0.25, -0.2) is 0 Å². The zero-order valence-electron chi connectivity index (χ0n) is 7.31. The maximum absolute atomic E-state index is 6.09. The first-order valence-electron chi connectivity index (χ1n) is 4.79. The normalized spacial score (nSPS) is 34.2. The van der Waals surface area contributed by atoms with E-state index in [1.807, 2.05) is 0 Å². The topological polar surface area (TPSA) is 21.3 Å². The number of rotatable bonds is 1. The molecule has 12 heavy (non-hydrogen) atoms. The smallest absolute Gasteiger partial charge is 0.0711 e. The second-order valence-corrected chi connectivity index (χ2v) is 4.75. The van der Waals surface area contributed by atoms with Gasteiger partial charge in [0.05, 0.1) is 11.7 Å². The molecule has 1 unspecified atom stereocenters. The van der Waals surface area contributed by atoms with Gasteiger partial charge in [-0.2, -0.15) is 0 Å². The average Bonchev–Trinajstić information content (AvgIpc) is 2.50. The van der Waals surface area contributed by atoms with Crippen LogP contribution in [0.3, 0.4) is 0 Å². The summed E-state index contributed by atoms with van der Waals surface area (Å²) < 4.78 is 7.25. The summed E-state index contributed by atoms with van der Waals surface area (Å²) in [6, 6.07) is 0. The lowest BCUT2D eigenvalue weighted by Gasteiger charge is -2.33. The van der Waals surface area contributed by atoms with Crippen LogP contribution in [0.4, 0.5) is 0 Å². The van der Waals surface area contributed by atoms with Crippen LogP contribution in [0.1, 0.15) is 25.7 Å². The molecule has 2 nitrogen and oxygen atoms in total. The number of nitrogens with one attached hydrogen (secondary N) is 1. The molecule has 2 saturated heterocycles. The molecule has 2 heterocycles. The van der Waals surface area contributed by atoms with Crippen molar-refractivity contribution < 1.29 is 4.74 Å². The van der Waals surface area contributed by atoms with Crippen molar-refractivity contribution in [3.05, 3.63) is 0 Å². The van der Waals surface area contributed by atoms with Crippen molar-refractivity contribution in [2.24, 2.45) is 0 Å². The van der Waals surface area contributed by atoms with Crippen molar-refractivity contribution in [3.8, 4) is 0 Å². The average molecular weight is 281 g/mol. The van der Waals surface area contributed by atoms with E-state index in [1.54, 1.807) is 0 Å². The second kappa shape index (κ2) is 3.80. The number of hydrogen-bond acceptors (Lipinski definition) is 2. The van der Waals surface area contributed by atoms with E-state index in [4.69, 9.17) is 4.74 Å².